The van der Waals surface area contributed by atoms with Crippen LogP contribution in [0.1, 0.15) is 190 Å². The van der Waals surface area contributed by atoms with Gasteiger partial charge in [-0.25, -0.2) is 0 Å². The lowest BCUT2D eigenvalue weighted by Gasteiger charge is -2.65. The quantitative estimate of drug-likeness (QED) is 0.244. The van der Waals surface area contributed by atoms with Crippen LogP contribution in [0.25, 0.3) is 0 Å². The van der Waals surface area contributed by atoms with E-state index in [2.05, 4.69) is 72.9 Å². The Hall–Kier alpha value is -0.600. The summed E-state index contributed by atoms with van der Waals surface area (Å²) >= 11 is 0. The first-order valence-corrected chi connectivity index (χ1v) is 25.5. The molecule has 0 amide bonds. The van der Waals surface area contributed by atoms with Gasteiger partial charge in [-0.1, -0.05) is 72.3 Å². The van der Waals surface area contributed by atoms with E-state index in [-0.39, 0.29) is 0 Å². The monoisotopic (exact) mass is 768 g/mol. The highest BCUT2D eigenvalue weighted by atomic mass is 16.5. The average Bonchev–Trinajstić information content (AvgIpc) is 3.88. The Balaban J connectivity index is 0.755. The molecule has 2 nitrogen and oxygen atoms in total. The molecular weight excluding hydrogens is 679 g/mol. The largest absolute Gasteiger partial charge is 0.375 e. The molecule has 9 rings (SSSR count). The molecule has 2 aliphatic heterocycles. The Kier molecular flexibility index (Phi) is 11.4. The molecule has 0 spiro atoms. The van der Waals surface area contributed by atoms with Gasteiger partial charge in [0.15, 0.2) is 0 Å². The van der Waals surface area contributed by atoms with Crippen LogP contribution < -0.4 is 0 Å². The van der Waals surface area contributed by atoms with Crippen molar-refractivity contribution in [3.05, 3.63) is 23.8 Å². The van der Waals surface area contributed by atoms with Gasteiger partial charge in [-0.15, -0.1) is 0 Å². The van der Waals surface area contributed by atoms with Crippen LogP contribution in [-0.2, 0) is 4.74 Å². The van der Waals surface area contributed by atoms with E-state index in [0.717, 1.165) is 83.0 Å². The predicted octanol–water partition coefficient (Wildman–Crippen LogP) is 14.3. The Morgan fingerprint density at radius 3 is 2.09 bits per heavy atom. The minimum Gasteiger partial charge on any atom is -0.375 e. The molecule has 18 atom stereocenters. The van der Waals surface area contributed by atoms with Crippen molar-refractivity contribution in [1.29, 1.82) is 0 Å². The first-order valence-electron chi connectivity index (χ1n) is 25.5. The normalized spacial score (nSPS) is 52.8. The number of hydrogen-bond donors (Lipinski definition) is 0. The molecule has 2 heterocycles. The van der Waals surface area contributed by atoms with E-state index < -0.39 is 0 Å². The van der Waals surface area contributed by atoms with Gasteiger partial charge in [-0.3, -0.25) is 0 Å². The van der Waals surface area contributed by atoms with Crippen molar-refractivity contribution in [2.45, 2.75) is 208 Å². The summed E-state index contributed by atoms with van der Waals surface area (Å²) in [6, 6.07) is 0.946. The highest BCUT2D eigenvalue weighted by Gasteiger charge is 2.66. The maximum Gasteiger partial charge on any atom is 0.0584 e. The smallest absolute Gasteiger partial charge is 0.0584 e. The van der Waals surface area contributed by atoms with E-state index in [9.17, 15) is 0 Å². The minimum atomic E-state index is 0.434. The zero-order valence-electron chi connectivity index (χ0n) is 38.1. The lowest BCUT2D eigenvalue weighted by molar-refractivity contribution is -0.160. The molecule has 0 N–H and O–H groups in total. The van der Waals surface area contributed by atoms with Crippen molar-refractivity contribution in [3.63, 3.8) is 0 Å². The highest BCUT2D eigenvalue weighted by Crippen LogP contribution is 2.74. The third-order valence-corrected chi connectivity index (χ3v) is 21.4. The van der Waals surface area contributed by atoms with Crippen LogP contribution in [0, 0.1) is 93.2 Å². The van der Waals surface area contributed by atoms with E-state index in [0.29, 0.717) is 28.5 Å². The second-order valence-electron chi connectivity index (χ2n) is 24.7. The summed E-state index contributed by atoms with van der Waals surface area (Å²) in [7, 11) is 0. The van der Waals surface area contributed by atoms with Crippen LogP contribution in [0.5, 0.6) is 0 Å². The van der Waals surface area contributed by atoms with Crippen molar-refractivity contribution in [2.24, 2.45) is 93.2 Å². The van der Waals surface area contributed by atoms with E-state index >= 15 is 0 Å². The zero-order chi connectivity index (χ0) is 39.1. The molecule has 316 valence electrons. The van der Waals surface area contributed by atoms with E-state index in [1.165, 1.54) is 153 Å². The lowest BCUT2D eigenvalue weighted by atomic mass is 9.40. The average molecular weight is 768 g/mol. The fraction of sp³-hybridized carbons (Fsp3) is 0.926. The van der Waals surface area contributed by atoms with Gasteiger partial charge in [0.1, 0.15) is 0 Å². The van der Waals surface area contributed by atoms with E-state index in [1.807, 2.05) is 0 Å². The second kappa shape index (κ2) is 15.7. The summed E-state index contributed by atoms with van der Waals surface area (Å²) < 4.78 is 7.10. The molecule has 0 radical (unpaired) electrons. The number of fused-ring (bicyclic) bond motifs is 5. The summed E-state index contributed by atoms with van der Waals surface area (Å²) in [6.07, 6.45) is 33.7. The van der Waals surface area contributed by atoms with E-state index in [4.69, 9.17) is 4.74 Å². The molecule has 6 saturated carbocycles. The molecule has 0 aromatic carbocycles. The third kappa shape index (κ3) is 7.44. The van der Waals surface area contributed by atoms with Crippen molar-refractivity contribution in [3.8, 4) is 0 Å². The maximum atomic E-state index is 7.10. The first kappa shape index (κ1) is 40.8. The topological polar surface area (TPSA) is 12.5 Å². The number of nitrogens with zero attached hydrogens (tertiary/aromatic N) is 1. The Morgan fingerprint density at radius 2 is 1.38 bits per heavy atom. The highest BCUT2D eigenvalue weighted by molar-refractivity contribution is 5.33. The fourth-order valence-electron chi connectivity index (χ4n) is 18.1. The molecule has 2 saturated heterocycles. The molecule has 0 aromatic rings. The number of likely N-dealkylation sites (tertiary alicyclic amines) is 1. The van der Waals surface area contributed by atoms with Gasteiger partial charge < -0.3 is 9.64 Å². The maximum absolute atomic E-state index is 7.10. The van der Waals surface area contributed by atoms with Crippen LogP contribution in [-0.4, -0.2) is 36.2 Å². The number of ether oxygens (including phenoxy) is 1. The fourth-order valence-corrected chi connectivity index (χ4v) is 18.1. The van der Waals surface area contributed by atoms with Crippen molar-refractivity contribution < 1.29 is 4.74 Å². The van der Waals surface area contributed by atoms with Gasteiger partial charge in [0, 0.05) is 12.6 Å². The summed E-state index contributed by atoms with van der Waals surface area (Å²) in [4.78, 5) is 2.87. The first-order chi connectivity index (χ1) is 26.7. The molecule has 0 aromatic heterocycles. The number of hydrogen-bond acceptors (Lipinski definition) is 2. The molecule has 8 fully saturated rings. The molecule has 5 unspecified atom stereocenters. The number of allylic oxidation sites excluding steroid dienone is 3. The van der Waals surface area contributed by atoms with Gasteiger partial charge in [0.25, 0.3) is 0 Å². The molecule has 9 aliphatic rings. The molecule has 7 aliphatic carbocycles. The van der Waals surface area contributed by atoms with Crippen LogP contribution in [0.15, 0.2) is 23.8 Å². The van der Waals surface area contributed by atoms with Crippen molar-refractivity contribution >= 4 is 0 Å². The summed E-state index contributed by atoms with van der Waals surface area (Å²) in [5.74, 6) is 11.6. The standard InChI is InChI=1S/C54H89NO/c1-34-10-11-43(25-34)49-17-21-54(9)51-15-12-44-29-40(16-20-52(44,7)50(51)18-22-53(49,54)8)30-46-28-38(5)48(39(6)56-46)32-42-26-36(3)47(37(4)27-42)31-41-19-23-55(45-13-14-45)33-35(2)24-41/h25,35-42,44-51H,1,10-24,26-33H2,2-9H3/t35?,36-,37+,38-,39-,40-,41?,42-,44?,46+,47-,48-,49+,50?,51?,52-,53+,54+/m0/s1. The van der Waals surface area contributed by atoms with Crippen LogP contribution >= 0.6 is 0 Å². The SMILES string of the molecule is C=C1C=C([C@H]2CC[C@]3(C)C4CCC5C[C@@H](C[C@H]6C[C@H](C)[C@H](C[C@@H]7C[C@@H](C)[C@@H](CC8CCN(C9CC9)CC(C)C8)[C@@H](C)C7)[C@H](C)O6)CC[C@]5(C)C4CC[C@]23C)CC1. The molecular formula is C54H89NO. The third-order valence-electron chi connectivity index (χ3n) is 21.4. The van der Waals surface area contributed by atoms with Crippen molar-refractivity contribution in [1.82, 2.24) is 4.90 Å². The minimum absolute atomic E-state index is 0.434. The lowest BCUT2D eigenvalue weighted by Crippen LogP contribution is -2.57. The van der Waals surface area contributed by atoms with Gasteiger partial charge in [0.2, 0.25) is 0 Å². The predicted molar refractivity (Wildman–Crippen MR) is 236 cm³/mol. The summed E-state index contributed by atoms with van der Waals surface area (Å²) in [5.41, 5.74) is 4.76. The second-order valence-corrected chi connectivity index (χ2v) is 24.7. The Morgan fingerprint density at radius 1 is 0.661 bits per heavy atom. The van der Waals surface area contributed by atoms with Gasteiger partial charge in [-0.2, -0.15) is 0 Å². The summed E-state index contributed by atoms with van der Waals surface area (Å²) in [5, 5.41) is 0. The summed E-state index contributed by atoms with van der Waals surface area (Å²) in [6.45, 7) is 28.4. The molecule has 0 bridgehead atoms. The molecule has 2 heteroatoms. The van der Waals surface area contributed by atoms with Crippen LogP contribution in [0.3, 0.4) is 0 Å². The Labute approximate surface area is 347 Å². The van der Waals surface area contributed by atoms with Crippen LogP contribution in [0.2, 0.25) is 0 Å². The van der Waals surface area contributed by atoms with Gasteiger partial charge >= 0.3 is 0 Å². The van der Waals surface area contributed by atoms with Gasteiger partial charge in [-0.05, 0) is 241 Å². The van der Waals surface area contributed by atoms with Crippen molar-refractivity contribution in [2.75, 3.05) is 13.1 Å². The molecule has 56 heavy (non-hydrogen) atoms. The van der Waals surface area contributed by atoms with E-state index in [1.54, 1.807) is 5.57 Å². The Bertz CT molecular complexity index is 1420. The number of rotatable bonds is 8. The zero-order valence-corrected chi connectivity index (χ0v) is 38.1. The van der Waals surface area contributed by atoms with Gasteiger partial charge in [0.05, 0.1) is 12.2 Å². The van der Waals surface area contributed by atoms with Crippen LogP contribution in [0.4, 0.5) is 0 Å².